The first-order chi connectivity index (χ1) is 43.9. The summed E-state index contributed by atoms with van der Waals surface area (Å²) in [7, 11) is 0. The molecule has 0 spiro atoms. The summed E-state index contributed by atoms with van der Waals surface area (Å²) in [5.41, 5.74) is 0. The zero-order chi connectivity index (χ0) is 66.9. The van der Waals surface area contributed by atoms with Crippen LogP contribution in [0.25, 0.3) is 0 Å². The Kier molecular flexibility index (Phi) is 28.8. The summed E-state index contributed by atoms with van der Waals surface area (Å²) in [6, 6.07) is 0. The average Bonchev–Trinajstić information content (AvgIpc) is 0.813. The summed E-state index contributed by atoms with van der Waals surface area (Å²) in [6.07, 6.45) is -67.5. The number of ether oxygens (including phenoxy) is 16. The van der Waals surface area contributed by atoms with Crippen molar-refractivity contribution in [2.24, 2.45) is 5.92 Å². The second kappa shape index (κ2) is 34.3. The lowest BCUT2D eigenvalue weighted by Gasteiger charge is -2.50. The van der Waals surface area contributed by atoms with Gasteiger partial charge in [0.2, 0.25) is 0 Å². The smallest absolute Gasteiger partial charge is 0.187 e. The molecule has 40 unspecified atom stereocenters. The molecule has 27 rings (SSSR count). The summed E-state index contributed by atoms with van der Waals surface area (Å²) in [5, 5.41) is 183. The van der Waals surface area contributed by atoms with Gasteiger partial charge in [-0.2, -0.15) is 0 Å². The van der Waals surface area contributed by atoms with Crippen molar-refractivity contribution in [3.8, 4) is 0 Å². The minimum atomic E-state index is -2.10. The normalized spacial score (nSPS) is 54.0. The van der Waals surface area contributed by atoms with Gasteiger partial charge in [-0.05, 0) is 12.8 Å². The van der Waals surface area contributed by atoms with Gasteiger partial charge in [0.1, 0.15) is 177 Å². The summed E-state index contributed by atoms with van der Waals surface area (Å²) in [5.74, 6) is -4.45. The van der Waals surface area contributed by atoms with Crippen LogP contribution in [0.4, 0.5) is 0 Å². The Bertz CT molecular complexity index is 2240. The van der Waals surface area contributed by atoms with E-state index in [0.717, 1.165) is 0 Å². The van der Waals surface area contributed by atoms with E-state index >= 15 is 0 Å². The Hall–Kier alpha value is 1.04. The summed E-state index contributed by atoms with van der Waals surface area (Å²) in [4.78, 5) is 0. The van der Waals surface area contributed by atoms with Crippen LogP contribution in [0.15, 0.2) is 0 Å². The molecule has 16 bridgehead atoms. The number of aliphatic hydroxyl groups is 16. The van der Waals surface area contributed by atoms with Gasteiger partial charge in [0.05, 0.1) is 53.4 Å². The maximum atomic E-state index is 11.6. The lowest BCUT2D eigenvalue weighted by Crippen LogP contribution is -2.68. The summed E-state index contributed by atoms with van der Waals surface area (Å²) < 4.78 is 94.7. The van der Waals surface area contributed by atoms with Crippen LogP contribution in [0.1, 0.15) is 19.3 Å². The van der Waals surface area contributed by atoms with Gasteiger partial charge in [-0.15, -0.1) is 92.8 Å². The number of rotatable bonds is 8. The summed E-state index contributed by atoms with van der Waals surface area (Å²) in [6.45, 7) is -0.110. The molecule has 27 fully saturated rings. The van der Waals surface area contributed by atoms with Gasteiger partial charge in [-0.1, -0.05) is 6.42 Å². The molecular weight excluding hydrogens is 1420 g/mol. The van der Waals surface area contributed by atoms with Gasteiger partial charge in [-0.25, -0.2) is 0 Å². The second-order valence-electron chi connectivity index (χ2n) is 23.7. The fourth-order valence-corrected chi connectivity index (χ4v) is 14.6. The Morgan fingerprint density at radius 2 is 0.391 bits per heavy atom. The number of alkyl halides is 8. The number of hydrogen-bond acceptors (Lipinski definition) is 32. The van der Waals surface area contributed by atoms with Gasteiger partial charge in [0, 0.05) is 18.4 Å². The van der Waals surface area contributed by atoms with Crippen LogP contribution in [-0.2, 0) is 75.8 Å². The van der Waals surface area contributed by atoms with E-state index in [0.29, 0.717) is 0 Å². The van der Waals surface area contributed by atoms with Crippen LogP contribution < -0.4 is 0 Å². The molecule has 0 aromatic rings. The number of aliphatic hydroxyl groups excluding tert-OH is 16. The molecule has 40 atom stereocenters. The van der Waals surface area contributed by atoms with Crippen LogP contribution >= 0.6 is 92.8 Å². The van der Waals surface area contributed by atoms with Crippen LogP contribution in [0.5, 0.6) is 0 Å². The van der Waals surface area contributed by atoms with Gasteiger partial charge >= 0.3 is 0 Å². The predicted molar refractivity (Wildman–Crippen MR) is 309 cm³/mol. The SMILES string of the molecule is OC1C2OC(CCl)C(CCCCOC3OC(CCl)C(OC4OC(CCl)C(OC5OC(CCl)C(OC6OC(CCl)C(OC7OC(CCl)C(OC8OC(CCl)C(OC9OC(CCl)C(O2)C(O)C9O)C(O)C8O)C(O)C7O)C(O)C6O)C(O)C5O)C(O)C4O)C(O)C3O)C1O. The maximum absolute atomic E-state index is 11.6. The van der Waals surface area contributed by atoms with Gasteiger partial charge in [-0.3, -0.25) is 0 Å². The molecule has 40 heteroatoms. The zero-order valence-corrected chi connectivity index (χ0v) is 54.3. The third kappa shape index (κ3) is 16.3. The van der Waals surface area contributed by atoms with Crippen molar-refractivity contribution in [2.75, 3.05) is 53.6 Å². The second-order valence-corrected chi connectivity index (χ2v) is 26.1. The van der Waals surface area contributed by atoms with Crippen molar-refractivity contribution in [1.29, 1.82) is 0 Å². The Morgan fingerprint density at radius 1 is 0.207 bits per heavy atom. The van der Waals surface area contributed by atoms with Crippen molar-refractivity contribution >= 4 is 92.8 Å². The molecule has 92 heavy (non-hydrogen) atoms. The molecule has 0 saturated carbocycles. The van der Waals surface area contributed by atoms with Gasteiger partial charge in [0.15, 0.2) is 50.3 Å². The van der Waals surface area contributed by atoms with E-state index in [1.165, 1.54) is 0 Å². The fraction of sp³-hybridized carbons (Fsp3) is 1.00. The van der Waals surface area contributed by atoms with Crippen LogP contribution in [0.2, 0.25) is 0 Å². The Morgan fingerprint density at radius 3 is 0.609 bits per heavy atom. The Balaban J connectivity index is 0.933. The molecule has 27 aliphatic rings. The molecule has 0 amide bonds. The highest BCUT2D eigenvalue weighted by atomic mass is 35.5. The van der Waals surface area contributed by atoms with E-state index in [1.807, 2.05) is 0 Å². The maximum Gasteiger partial charge on any atom is 0.187 e. The third-order valence-corrected chi connectivity index (χ3v) is 20.2. The topological polar surface area (TPSA) is 471 Å². The fourth-order valence-electron chi connectivity index (χ4n) is 12.6. The molecule has 27 aliphatic heterocycles. The van der Waals surface area contributed by atoms with Crippen molar-refractivity contribution in [2.45, 2.75) is 259 Å². The molecule has 536 valence electrons. The van der Waals surface area contributed by atoms with E-state index in [4.69, 9.17) is 169 Å². The molecule has 0 aliphatic carbocycles. The molecule has 32 nitrogen and oxygen atoms in total. The third-order valence-electron chi connectivity index (χ3n) is 17.8. The first-order valence-electron chi connectivity index (χ1n) is 29.7. The van der Waals surface area contributed by atoms with E-state index < -0.39 is 281 Å². The van der Waals surface area contributed by atoms with E-state index in [2.05, 4.69) is 0 Å². The average molecular weight is 1500 g/mol. The molecule has 27 heterocycles. The van der Waals surface area contributed by atoms with Crippen LogP contribution in [0, 0.1) is 5.92 Å². The number of halogens is 8. The molecule has 0 radical (unpaired) electrons. The highest BCUT2D eigenvalue weighted by Crippen LogP contribution is 2.41. The summed E-state index contributed by atoms with van der Waals surface area (Å²) >= 11 is 50.4. The predicted octanol–water partition coefficient (Wildman–Crippen LogP) is -6.02. The number of hydrogen-bond donors (Lipinski definition) is 16. The van der Waals surface area contributed by atoms with Crippen molar-refractivity contribution in [3.63, 3.8) is 0 Å². The van der Waals surface area contributed by atoms with E-state index in [9.17, 15) is 81.7 Å². The lowest BCUT2D eigenvalue weighted by molar-refractivity contribution is -0.392. The Labute approximate surface area is 565 Å². The monoisotopic (exact) mass is 1500 g/mol. The molecule has 16 N–H and O–H groups in total. The van der Waals surface area contributed by atoms with Gasteiger partial charge < -0.3 is 157 Å². The molecule has 0 aromatic carbocycles. The highest BCUT2D eigenvalue weighted by Gasteiger charge is 2.59. The van der Waals surface area contributed by atoms with Crippen molar-refractivity contribution in [3.05, 3.63) is 0 Å². The van der Waals surface area contributed by atoms with E-state index in [-0.39, 0.29) is 37.6 Å². The minimum Gasteiger partial charge on any atom is -0.390 e. The zero-order valence-electron chi connectivity index (χ0n) is 48.3. The quantitative estimate of drug-likeness (QED) is 0.101. The van der Waals surface area contributed by atoms with Crippen molar-refractivity contribution in [1.82, 2.24) is 0 Å². The highest BCUT2D eigenvalue weighted by molar-refractivity contribution is 6.19. The molecular formula is C52H80Cl8O32. The van der Waals surface area contributed by atoms with Crippen molar-refractivity contribution < 1.29 is 157 Å². The lowest BCUT2D eigenvalue weighted by atomic mass is 9.85. The van der Waals surface area contributed by atoms with Crippen LogP contribution in [-0.4, -0.2) is 375 Å². The van der Waals surface area contributed by atoms with Gasteiger partial charge in [0.25, 0.3) is 0 Å². The largest absolute Gasteiger partial charge is 0.390 e. The first-order valence-corrected chi connectivity index (χ1v) is 34.0. The standard InChI is InChI=1S/C52H80Cl8O32/c53-5-14-13-3-1-2-4-77-45-31(70)23(62)38(15(6-54)79-45)87-47-33(72)25(64)40(17(8-56)81-47)89-49-35(74)27(66)42(19(10-58)83-49)91-51-37(76)29(68)44(21(12-60)85-51)92-52-36(75)28(67)43(20(11-59)84-52)90-50-34(73)26(65)41(18(9-57)82-50)88-48-32(71)24(63)39(16(7-55)80-48)86-46(78-14)30(69)22(13)61/h13-52,61-76H,1-12H2. The van der Waals surface area contributed by atoms with Crippen LogP contribution in [0.3, 0.4) is 0 Å². The minimum absolute atomic E-state index is 0.110. The molecule has 27 saturated heterocycles. The first kappa shape index (κ1) is 77.2. The van der Waals surface area contributed by atoms with E-state index in [1.54, 1.807) is 0 Å². The molecule has 0 aromatic heterocycles.